The predicted octanol–water partition coefficient (Wildman–Crippen LogP) is 1.28. The van der Waals surface area contributed by atoms with Gasteiger partial charge in [0.15, 0.2) is 0 Å². The van der Waals surface area contributed by atoms with Gasteiger partial charge in [-0.2, -0.15) is 0 Å². The third-order valence-corrected chi connectivity index (χ3v) is 2.91. The summed E-state index contributed by atoms with van der Waals surface area (Å²) in [5.74, 6) is 1.20. The fraction of sp³-hybridized carbons (Fsp3) is 0.667. The minimum atomic E-state index is 0.0466. The molecule has 0 aliphatic rings. The van der Waals surface area contributed by atoms with Gasteiger partial charge < -0.3 is 15.6 Å². The summed E-state index contributed by atoms with van der Waals surface area (Å²) in [4.78, 5) is 11.6. The van der Waals surface area contributed by atoms with Crippen molar-refractivity contribution in [1.29, 1.82) is 0 Å². The summed E-state index contributed by atoms with van der Waals surface area (Å²) in [6, 6.07) is 0. The maximum absolute atomic E-state index is 11.6. The Morgan fingerprint density at radius 1 is 1.53 bits per heavy atom. The van der Waals surface area contributed by atoms with E-state index < -0.39 is 0 Å². The molecular formula is C12H21N3O2. The lowest BCUT2D eigenvalue weighted by Crippen LogP contribution is -2.24. The average molecular weight is 239 g/mol. The second-order valence-corrected chi connectivity index (χ2v) is 4.46. The molecule has 0 aliphatic heterocycles. The van der Waals surface area contributed by atoms with Crippen LogP contribution in [0.5, 0.6) is 0 Å². The Balaban J connectivity index is 2.33. The third kappa shape index (κ3) is 4.19. The standard InChI is InChI=1S/C12H21N3O2/c1-8(6-13)4-5-12(16)14-7-11-9(2)15-17-10(11)3/h8H,4-7,13H2,1-3H3,(H,14,16). The van der Waals surface area contributed by atoms with Crippen LogP contribution in [-0.2, 0) is 11.3 Å². The summed E-state index contributed by atoms with van der Waals surface area (Å²) in [6.07, 6.45) is 1.34. The fourth-order valence-corrected chi connectivity index (χ4v) is 1.52. The van der Waals surface area contributed by atoms with Crippen molar-refractivity contribution in [2.75, 3.05) is 6.54 Å². The molecule has 0 radical (unpaired) electrons. The molecule has 0 bridgehead atoms. The van der Waals surface area contributed by atoms with Crippen LogP contribution in [0.25, 0.3) is 0 Å². The van der Waals surface area contributed by atoms with E-state index in [1.165, 1.54) is 0 Å². The van der Waals surface area contributed by atoms with E-state index in [0.29, 0.717) is 25.4 Å². The van der Waals surface area contributed by atoms with Crippen LogP contribution in [0.3, 0.4) is 0 Å². The van der Waals surface area contributed by atoms with Gasteiger partial charge in [0, 0.05) is 18.5 Å². The SMILES string of the molecule is Cc1noc(C)c1CNC(=O)CCC(C)CN. The molecule has 1 atom stereocenters. The molecule has 0 saturated heterocycles. The van der Waals surface area contributed by atoms with Crippen LogP contribution in [0.1, 0.15) is 36.8 Å². The number of aromatic nitrogens is 1. The number of carbonyl (C=O) groups is 1. The molecule has 1 unspecified atom stereocenters. The number of nitrogens with zero attached hydrogens (tertiary/aromatic N) is 1. The molecular weight excluding hydrogens is 218 g/mol. The van der Waals surface area contributed by atoms with Crippen LogP contribution in [0.15, 0.2) is 4.52 Å². The lowest BCUT2D eigenvalue weighted by atomic mass is 10.1. The van der Waals surface area contributed by atoms with E-state index in [1.807, 2.05) is 20.8 Å². The first-order valence-electron chi connectivity index (χ1n) is 5.93. The molecule has 1 heterocycles. The molecule has 96 valence electrons. The van der Waals surface area contributed by atoms with Crippen molar-refractivity contribution in [3.05, 3.63) is 17.0 Å². The van der Waals surface area contributed by atoms with Crippen molar-refractivity contribution in [2.24, 2.45) is 11.7 Å². The second kappa shape index (κ2) is 6.39. The average Bonchev–Trinajstić information content (AvgIpc) is 2.63. The Morgan fingerprint density at radius 3 is 2.76 bits per heavy atom. The third-order valence-electron chi connectivity index (χ3n) is 2.91. The van der Waals surface area contributed by atoms with E-state index in [-0.39, 0.29) is 5.91 Å². The monoisotopic (exact) mass is 239 g/mol. The van der Waals surface area contributed by atoms with Gasteiger partial charge in [0.1, 0.15) is 5.76 Å². The molecule has 5 nitrogen and oxygen atoms in total. The van der Waals surface area contributed by atoms with Gasteiger partial charge in [0.25, 0.3) is 0 Å². The van der Waals surface area contributed by atoms with Crippen molar-refractivity contribution >= 4 is 5.91 Å². The highest BCUT2D eigenvalue weighted by atomic mass is 16.5. The first-order chi connectivity index (χ1) is 8.04. The van der Waals surface area contributed by atoms with Crippen molar-refractivity contribution in [3.63, 3.8) is 0 Å². The predicted molar refractivity (Wildman–Crippen MR) is 65.3 cm³/mol. The summed E-state index contributed by atoms with van der Waals surface area (Å²) < 4.78 is 5.03. The summed E-state index contributed by atoms with van der Waals surface area (Å²) >= 11 is 0. The van der Waals surface area contributed by atoms with Crippen LogP contribution in [0.2, 0.25) is 0 Å². The van der Waals surface area contributed by atoms with Crippen LogP contribution in [0, 0.1) is 19.8 Å². The first-order valence-corrected chi connectivity index (χ1v) is 5.93. The first kappa shape index (κ1) is 13.7. The van der Waals surface area contributed by atoms with Crippen molar-refractivity contribution in [3.8, 4) is 0 Å². The normalized spacial score (nSPS) is 12.5. The van der Waals surface area contributed by atoms with Gasteiger partial charge in [-0.3, -0.25) is 4.79 Å². The summed E-state index contributed by atoms with van der Waals surface area (Å²) in [7, 11) is 0. The second-order valence-electron chi connectivity index (χ2n) is 4.46. The van der Waals surface area contributed by atoms with Crippen LogP contribution in [-0.4, -0.2) is 17.6 Å². The molecule has 1 rings (SSSR count). The Hall–Kier alpha value is -1.36. The Kier molecular flexibility index (Phi) is 5.15. The van der Waals surface area contributed by atoms with Gasteiger partial charge >= 0.3 is 0 Å². The van der Waals surface area contributed by atoms with Crippen LogP contribution in [0.4, 0.5) is 0 Å². The van der Waals surface area contributed by atoms with Gasteiger partial charge in [0.05, 0.1) is 5.69 Å². The number of nitrogens with one attached hydrogen (secondary N) is 1. The number of rotatable bonds is 6. The molecule has 0 spiro atoms. The Morgan fingerprint density at radius 2 is 2.24 bits per heavy atom. The lowest BCUT2D eigenvalue weighted by molar-refractivity contribution is -0.121. The van der Waals surface area contributed by atoms with E-state index in [4.69, 9.17) is 10.3 Å². The molecule has 0 fully saturated rings. The van der Waals surface area contributed by atoms with Gasteiger partial charge in [-0.1, -0.05) is 12.1 Å². The molecule has 1 aromatic heterocycles. The lowest BCUT2D eigenvalue weighted by Gasteiger charge is -2.08. The minimum absolute atomic E-state index is 0.0466. The quantitative estimate of drug-likeness (QED) is 0.783. The molecule has 1 aromatic rings. The maximum atomic E-state index is 11.6. The molecule has 3 N–H and O–H groups in total. The molecule has 17 heavy (non-hydrogen) atoms. The van der Waals surface area contributed by atoms with E-state index in [9.17, 15) is 4.79 Å². The van der Waals surface area contributed by atoms with Crippen LogP contribution >= 0.6 is 0 Å². The Labute approximate surface area is 102 Å². The molecule has 0 aromatic carbocycles. The van der Waals surface area contributed by atoms with E-state index in [1.54, 1.807) is 0 Å². The van der Waals surface area contributed by atoms with E-state index in [0.717, 1.165) is 23.4 Å². The molecule has 5 heteroatoms. The van der Waals surface area contributed by atoms with E-state index >= 15 is 0 Å². The Bertz CT molecular complexity index is 354. The highest BCUT2D eigenvalue weighted by Crippen LogP contribution is 2.11. The van der Waals surface area contributed by atoms with Gasteiger partial charge in [0.2, 0.25) is 5.91 Å². The number of amides is 1. The summed E-state index contributed by atoms with van der Waals surface area (Å²) in [5, 5.41) is 6.71. The number of nitrogens with two attached hydrogens (primary N) is 1. The minimum Gasteiger partial charge on any atom is -0.361 e. The molecule has 1 amide bonds. The number of carbonyl (C=O) groups excluding carboxylic acids is 1. The highest BCUT2D eigenvalue weighted by Gasteiger charge is 2.10. The summed E-state index contributed by atoms with van der Waals surface area (Å²) in [5.41, 5.74) is 7.29. The smallest absolute Gasteiger partial charge is 0.220 e. The number of hydrogen-bond acceptors (Lipinski definition) is 4. The van der Waals surface area contributed by atoms with Gasteiger partial charge in [-0.15, -0.1) is 0 Å². The summed E-state index contributed by atoms with van der Waals surface area (Å²) in [6.45, 7) is 6.86. The van der Waals surface area contributed by atoms with Crippen LogP contribution < -0.4 is 11.1 Å². The fourth-order valence-electron chi connectivity index (χ4n) is 1.52. The van der Waals surface area contributed by atoms with Gasteiger partial charge in [-0.05, 0) is 32.7 Å². The molecule has 0 aliphatic carbocycles. The number of aryl methyl sites for hydroxylation is 2. The van der Waals surface area contributed by atoms with E-state index in [2.05, 4.69) is 10.5 Å². The maximum Gasteiger partial charge on any atom is 0.220 e. The van der Waals surface area contributed by atoms with Crippen molar-refractivity contribution < 1.29 is 9.32 Å². The van der Waals surface area contributed by atoms with Gasteiger partial charge in [-0.25, -0.2) is 0 Å². The highest BCUT2D eigenvalue weighted by molar-refractivity contribution is 5.75. The zero-order valence-electron chi connectivity index (χ0n) is 10.7. The molecule has 0 saturated carbocycles. The largest absolute Gasteiger partial charge is 0.361 e. The van der Waals surface area contributed by atoms with Crippen molar-refractivity contribution in [1.82, 2.24) is 10.5 Å². The van der Waals surface area contributed by atoms with Crippen molar-refractivity contribution in [2.45, 2.75) is 40.2 Å². The zero-order valence-corrected chi connectivity index (χ0v) is 10.7. The topological polar surface area (TPSA) is 81.2 Å². The number of hydrogen-bond donors (Lipinski definition) is 2. The zero-order chi connectivity index (χ0) is 12.8.